The highest BCUT2D eigenvalue weighted by molar-refractivity contribution is 7.89. The second kappa shape index (κ2) is 10.7. The Kier molecular flexibility index (Phi) is 7.92. The second-order valence-electron chi connectivity index (χ2n) is 11.8. The largest absolute Gasteiger partial charge is 0.406 e. The summed E-state index contributed by atoms with van der Waals surface area (Å²) < 4.78 is 69.6. The minimum Gasteiger partial charge on any atom is -0.342 e. The van der Waals surface area contributed by atoms with Crippen LogP contribution in [0.1, 0.15) is 70.6 Å². The number of likely N-dealkylation sites (tertiary alicyclic amines) is 1. The summed E-state index contributed by atoms with van der Waals surface area (Å²) in [5.41, 5.74) is 2.65. The first-order chi connectivity index (χ1) is 17.1. The van der Waals surface area contributed by atoms with E-state index in [1.807, 2.05) is 0 Å². The molecular formula is C25H41F3N4O3S. The average molecular weight is 535 g/mol. The topological polar surface area (TPSA) is 73.0 Å². The van der Waals surface area contributed by atoms with E-state index in [4.69, 9.17) is 0 Å². The van der Waals surface area contributed by atoms with Gasteiger partial charge in [-0.15, -0.1) is 0 Å². The molecule has 5 aliphatic rings. The third-order valence-electron chi connectivity index (χ3n) is 9.55. The molecule has 1 saturated carbocycles. The monoisotopic (exact) mass is 534 g/mol. The summed E-state index contributed by atoms with van der Waals surface area (Å²) in [6.45, 7) is 2.59. The molecule has 5 fully saturated rings. The molecule has 0 aromatic carbocycles. The van der Waals surface area contributed by atoms with E-state index in [2.05, 4.69) is 5.43 Å². The Hall–Kier alpha value is -0.910. The Balaban J connectivity index is 1.21. The van der Waals surface area contributed by atoms with Gasteiger partial charge in [0.05, 0.1) is 11.7 Å². The van der Waals surface area contributed by atoms with Crippen LogP contribution in [0, 0.1) is 23.7 Å². The molecule has 5 rings (SSSR count). The number of fused-ring (bicyclic) bond motifs is 1. The molecule has 7 nitrogen and oxygen atoms in total. The van der Waals surface area contributed by atoms with Crippen LogP contribution in [0.25, 0.3) is 0 Å². The van der Waals surface area contributed by atoms with Gasteiger partial charge in [0.25, 0.3) is 0 Å². The molecule has 4 atom stereocenters. The van der Waals surface area contributed by atoms with Gasteiger partial charge in [-0.1, -0.05) is 19.3 Å². The van der Waals surface area contributed by atoms with Crippen LogP contribution >= 0.6 is 0 Å². The minimum absolute atomic E-state index is 0.220. The molecule has 36 heavy (non-hydrogen) atoms. The van der Waals surface area contributed by atoms with Gasteiger partial charge in [0.15, 0.2) is 0 Å². The fourth-order valence-electron chi connectivity index (χ4n) is 7.55. The number of halogens is 3. The molecule has 0 bridgehead atoms. The highest BCUT2D eigenvalue weighted by Crippen LogP contribution is 2.43. The van der Waals surface area contributed by atoms with E-state index in [1.165, 1.54) is 6.42 Å². The molecule has 0 aromatic rings. The number of carbonyl (C=O) groups is 1. The number of hydrogen-bond acceptors (Lipinski definition) is 5. The molecule has 1 aliphatic carbocycles. The highest BCUT2D eigenvalue weighted by Gasteiger charge is 2.59. The lowest BCUT2D eigenvalue weighted by Crippen LogP contribution is -2.50. The molecule has 4 unspecified atom stereocenters. The zero-order valence-corrected chi connectivity index (χ0v) is 21.9. The smallest absolute Gasteiger partial charge is 0.342 e. The van der Waals surface area contributed by atoms with Gasteiger partial charge >= 0.3 is 6.18 Å². The van der Waals surface area contributed by atoms with Crippen molar-refractivity contribution in [2.45, 2.75) is 88.9 Å². The summed E-state index contributed by atoms with van der Waals surface area (Å²) in [4.78, 5) is 14.9. The lowest BCUT2D eigenvalue weighted by atomic mass is 9.74. The maximum absolute atomic E-state index is 14.0. The Bertz CT molecular complexity index is 881. The van der Waals surface area contributed by atoms with Gasteiger partial charge in [-0.25, -0.2) is 23.2 Å². The summed E-state index contributed by atoms with van der Waals surface area (Å²) >= 11 is 0. The maximum Gasteiger partial charge on any atom is 0.406 e. The number of piperidine rings is 2. The van der Waals surface area contributed by atoms with Crippen LogP contribution in [0.4, 0.5) is 13.2 Å². The molecule has 0 spiro atoms. The van der Waals surface area contributed by atoms with Crippen LogP contribution < -0.4 is 5.43 Å². The van der Waals surface area contributed by atoms with E-state index in [9.17, 15) is 26.4 Å². The predicted molar refractivity (Wildman–Crippen MR) is 130 cm³/mol. The van der Waals surface area contributed by atoms with Gasteiger partial charge in [-0.05, 0) is 69.1 Å². The van der Waals surface area contributed by atoms with E-state index in [-0.39, 0.29) is 23.5 Å². The zero-order valence-electron chi connectivity index (χ0n) is 21.1. The van der Waals surface area contributed by atoms with E-state index < -0.39 is 34.2 Å². The van der Waals surface area contributed by atoms with Crippen molar-refractivity contribution in [3.8, 4) is 0 Å². The number of amides is 1. The fourth-order valence-corrected chi connectivity index (χ4v) is 9.46. The molecule has 0 aromatic heterocycles. The third kappa shape index (κ3) is 5.59. The first-order valence-electron chi connectivity index (χ1n) is 14.0. The lowest BCUT2D eigenvalue weighted by molar-refractivity contribution is -0.172. The predicted octanol–water partition coefficient (Wildman–Crippen LogP) is 3.38. The lowest BCUT2D eigenvalue weighted by Gasteiger charge is -2.42. The number of alkyl halides is 3. The van der Waals surface area contributed by atoms with Crippen LogP contribution in [0.2, 0.25) is 0 Å². The Morgan fingerprint density at radius 2 is 1.47 bits per heavy atom. The summed E-state index contributed by atoms with van der Waals surface area (Å²) in [7, 11) is -3.26. The second-order valence-corrected chi connectivity index (χ2v) is 13.8. The average Bonchev–Trinajstić information content (AvgIpc) is 3.52. The fraction of sp³-hybridized carbons (Fsp3) is 0.960. The Labute approximate surface area is 213 Å². The van der Waals surface area contributed by atoms with Crippen LogP contribution in [0.3, 0.4) is 0 Å². The van der Waals surface area contributed by atoms with E-state index >= 15 is 0 Å². The molecule has 4 heterocycles. The van der Waals surface area contributed by atoms with Crippen molar-refractivity contribution >= 4 is 15.9 Å². The van der Waals surface area contributed by atoms with Crippen molar-refractivity contribution in [2.24, 2.45) is 23.7 Å². The first-order valence-corrected chi connectivity index (χ1v) is 15.6. The van der Waals surface area contributed by atoms with Gasteiger partial charge in [0.2, 0.25) is 15.9 Å². The van der Waals surface area contributed by atoms with Gasteiger partial charge in [-0.3, -0.25) is 4.79 Å². The van der Waals surface area contributed by atoms with Crippen LogP contribution in [-0.2, 0) is 14.8 Å². The molecule has 1 N–H and O–H groups in total. The van der Waals surface area contributed by atoms with Crippen LogP contribution in [0.15, 0.2) is 0 Å². The van der Waals surface area contributed by atoms with Crippen molar-refractivity contribution < 1.29 is 26.4 Å². The quantitative estimate of drug-likeness (QED) is 0.586. The number of rotatable bonds is 5. The van der Waals surface area contributed by atoms with Gasteiger partial charge in [0.1, 0.15) is 6.04 Å². The van der Waals surface area contributed by atoms with Gasteiger partial charge in [-0.2, -0.15) is 13.2 Å². The third-order valence-corrected chi connectivity index (χ3v) is 11.6. The number of hydrogen-bond donors (Lipinski definition) is 1. The summed E-state index contributed by atoms with van der Waals surface area (Å²) in [5, 5.41) is 1.68. The molecule has 1 amide bonds. The SMILES string of the molecule is O=C(C1C2CC(C3CCN(S(=O)(=O)CC4CCCCC4)CC3)CCN2NC1C(F)(F)F)N1CCCC1. The number of nitrogens with zero attached hydrogens (tertiary/aromatic N) is 3. The van der Waals surface area contributed by atoms with Crippen LogP contribution in [-0.4, -0.2) is 85.3 Å². The summed E-state index contributed by atoms with van der Waals surface area (Å²) in [6, 6.07) is -2.29. The van der Waals surface area contributed by atoms with Gasteiger partial charge < -0.3 is 4.90 Å². The van der Waals surface area contributed by atoms with E-state index in [0.29, 0.717) is 45.1 Å². The first kappa shape index (κ1) is 26.7. The number of carbonyl (C=O) groups excluding carboxylic acids is 1. The standard InChI is InChI=1S/C25H41F3N4O3S/c26-25(27,28)23-22(24(33)30-11-4-5-12-30)21-16-20(10-15-32(21)29-23)19-8-13-31(14-9-19)36(34,35)17-18-6-2-1-3-7-18/h18-23,29H,1-17H2. The maximum atomic E-state index is 14.0. The van der Waals surface area contributed by atoms with Crippen molar-refractivity contribution in [1.29, 1.82) is 0 Å². The Morgan fingerprint density at radius 3 is 2.11 bits per heavy atom. The molecule has 4 aliphatic heterocycles. The van der Waals surface area contributed by atoms with Crippen molar-refractivity contribution in [3.63, 3.8) is 0 Å². The zero-order chi connectivity index (χ0) is 25.5. The molecule has 0 radical (unpaired) electrons. The molecule has 4 saturated heterocycles. The number of nitrogens with one attached hydrogen (secondary N) is 1. The molecule has 11 heteroatoms. The van der Waals surface area contributed by atoms with Crippen molar-refractivity contribution in [2.75, 3.05) is 38.5 Å². The molecule has 206 valence electrons. The molecular weight excluding hydrogens is 493 g/mol. The van der Waals surface area contributed by atoms with E-state index in [0.717, 1.165) is 57.8 Å². The van der Waals surface area contributed by atoms with Gasteiger partial charge in [0, 0.05) is 38.8 Å². The number of hydrazine groups is 1. The summed E-state index contributed by atoms with van der Waals surface area (Å²) in [6.07, 6.45) is 5.49. The van der Waals surface area contributed by atoms with Crippen molar-refractivity contribution in [1.82, 2.24) is 19.6 Å². The van der Waals surface area contributed by atoms with E-state index in [1.54, 1.807) is 14.2 Å². The summed E-state index contributed by atoms with van der Waals surface area (Å²) in [5.74, 6) is -0.436. The van der Waals surface area contributed by atoms with Crippen molar-refractivity contribution in [3.05, 3.63) is 0 Å². The minimum atomic E-state index is -4.48. The normalized spacial score (nSPS) is 34.2. The highest BCUT2D eigenvalue weighted by atomic mass is 32.2. The number of sulfonamides is 1. The Morgan fingerprint density at radius 1 is 0.833 bits per heavy atom. The van der Waals surface area contributed by atoms with Crippen LogP contribution in [0.5, 0.6) is 0 Å².